The molecule has 0 radical (unpaired) electrons. The average molecular weight is 378 g/mol. The lowest BCUT2D eigenvalue weighted by Crippen LogP contribution is -2.21. The Morgan fingerprint density at radius 3 is 2.65 bits per heavy atom. The Hall–Kier alpha value is -2.61. The fraction of sp³-hybridized carbons (Fsp3) is 0.389. The molecular weight excluding hydrogens is 356 g/mol. The Bertz CT molecular complexity index is 773. The van der Waals surface area contributed by atoms with Gasteiger partial charge in [0, 0.05) is 12.6 Å². The van der Waals surface area contributed by atoms with Crippen molar-refractivity contribution in [2.45, 2.75) is 26.8 Å². The summed E-state index contributed by atoms with van der Waals surface area (Å²) in [5, 5.41) is 13.4. The van der Waals surface area contributed by atoms with E-state index in [2.05, 4.69) is 19.2 Å². The SMILES string of the molecule is COc1cc(CNC(=O)c2ccc([N+](=O)[O-])s2)ccc1OCCC(C)C. The summed E-state index contributed by atoms with van der Waals surface area (Å²) in [5.41, 5.74) is 0.845. The second kappa shape index (κ2) is 9.19. The molecule has 26 heavy (non-hydrogen) atoms. The van der Waals surface area contributed by atoms with Crippen molar-refractivity contribution in [1.29, 1.82) is 0 Å². The summed E-state index contributed by atoms with van der Waals surface area (Å²) in [7, 11) is 1.57. The molecule has 0 saturated heterocycles. The van der Waals surface area contributed by atoms with Crippen LogP contribution in [0.25, 0.3) is 0 Å². The van der Waals surface area contributed by atoms with Crippen LogP contribution < -0.4 is 14.8 Å². The highest BCUT2D eigenvalue weighted by Crippen LogP contribution is 2.28. The number of nitrogens with one attached hydrogen (secondary N) is 1. The number of hydrogen-bond acceptors (Lipinski definition) is 6. The van der Waals surface area contributed by atoms with E-state index in [0.29, 0.717) is 28.9 Å². The van der Waals surface area contributed by atoms with Crippen molar-refractivity contribution in [3.63, 3.8) is 0 Å². The predicted molar refractivity (Wildman–Crippen MR) is 100 cm³/mol. The molecule has 0 atom stereocenters. The van der Waals surface area contributed by atoms with Crippen LogP contribution in [0.2, 0.25) is 0 Å². The Labute approximate surface area is 156 Å². The second-order valence-corrected chi connectivity index (χ2v) is 7.16. The largest absolute Gasteiger partial charge is 0.493 e. The molecule has 0 aliphatic heterocycles. The molecule has 1 heterocycles. The summed E-state index contributed by atoms with van der Waals surface area (Å²) in [6.07, 6.45) is 0.952. The maximum atomic E-state index is 12.1. The third-order valence-corrected chi connectivity index (χ3v) is 4.67. The van der Waals surface area contributed by atoms with Crippen LogP contribution in [0.4, 0.5) is 5.00 Å². The zero-order chi connectivity index (χ0) is 19.1. The molecule has 2 aromatic rings. The molecule has 0 bridgehead atoms. The number of carbonyl (C=O) groups is 1. The number of carbonyl (C=O) groups excluding carboxylic acids is 1. The summed E-state index contributed by atoms with van der Waals surface area (Å²) in [4.78, 5) is 22.6. The Kier molecular flexibility index (Phi) is 6.97. The lowest BCUT2D eigenvalue weighted by atomic mass is 10.1. The smallest absolute Gasteiger partial charge is 0.324 e. The van der Waals surface area contributed by atoms with Crippen molar-refractivity contribution in [1.82, 2.24) is 5.32 Å². The quantitative estimate of drug-likeness (QED) is 0.526. The van der Waals surface area contributed by atoms with E-state index in [1.165, 1.54) is 12.1 Å². The fourth-order valence-corrected chi connectivity index (χ4v) is 2.90. The summed E-state index contributed by atoms with van der Waals surface area (Å²) < 4.78 is 11.1. The van der Waals surface area contributed by atoms with Crippen LogP contribution in [0.1, 0.15) is 35.5 Å². The van der Waals surface area contributed by atoms with E-state index in [0.717, 1.165) is 23.3 Å². The van der Waals surface area contributed by atoms with E-state index in [1.807, 2.05) is 18.2 Å². The first-order valence-electron chi connectivity index (χ1n) is 8.23. The number of nitrogens with zero attached hydrogens (tertiary/aromatic N) is 1. The van der Waals surface area contributed by atoms with Crippen LogP contribution in [-0.2, 0) is 6.54 Å². The average Bonchev–Trinajstić information content (AvgIpc) is 3.10. The van der Waals surface area contributed by atoms with Crippen LogP contribution in [-0.4, -0.2) is 24.5 Å². The lowest BCUT2D eigenvalue weighted by molar-refractivity contribution is -0.380. The van der Waals surface area contributed by atoms with Gasteiger partial charge in [-0.15, -0.1) is 0 Å². The van der Waals surface area contributed by atoms with Gasteiger partial charge in [0.15, 0.2) is 11.5 Å². The molecular formula is C18H22N2O5S. The monoisotopic (exact) mass is 378 g/mol. The van der Waals surface area contributed by atoms with Crippen molar-refractivity contribution in [2.75, 3.05) is 13.7 Å². The van der Waals surface area contributed by atoms with E-state index in [-0.39, 0.29) is 17.5 Å². The molecule has 1 aromatic heterocycles. The highest BCUT2D eigenvalue weighted by molar-refractivity contribution is 7.17. The molecule has 1 N–H and O–H groups in total. The number of nitro groups is 1. The first-order chi connectivity index (χ1) is 12.4. The second-order valence-electron chi connectivity index (χ2n) is 6.09. The van der Waals surface area contributed by atoms with Crippen molar-refractivity contribution in [2.24, 2.45) is 5.92 Å². The van der Waals surface area contributed by atoms with Gasteiger partial charge in [0.1, 0.15) is 0 Å². The standard InChI is InChI=1S/C18H22N2O5S/c1-12(2)8-9-25-14-5-4-13(10-15(14)24-3)11-19-18(21)16-6-7-17(26-16)20(22)23/h4-7,10,12H,8-9,11H2,1-3H3,(H,19,21). The molecule has 1 amide bonds. The van der Waals surface area contributed by atoms with Gasteiger partial charge in [-0.3, -0.25) is 14.9 Å². The van der Waals surface area contributed by atoms with Gasteiger partial charge < -0.3 is 14.8 Å². The van der Waals surface area contributed by atoms with Crippen LogP contribution in [0.3, 0.4) is 0 Å². The zero-order valence-electron chi connectivity index (χ0n) is 15.0. The van der Waals surface area contributed by atoms with Gasteiger partial charge in [-0.1, -0.05) is 31.3 Å². The van der Waals surface area contributed by atoms with Crippen molar-refractivity contribution in [3.05, 3.63) is 50.9 Å². The maximum Gasteiger partial charge on any atom is 0.324 e. The molecule has 0 saturated carbocycles. The van der Waals surface area contributed by atoms with Crippen LogP contribution in [0.15, 0.2) is 30.3 Å². The van der Waals surface area contributed by atoms with E-state index in [4.69, 9.17) is 9.47 Å². The molecule has 140 valence electrons. The molecule has 7 nitrogen and oxygen atoms in total. The number of methoxy groups -OCH3 is 1. The number of amides is 1. The van der Waals surface area contributed by atoms with Crippen LogP contribution in [0, 0.1) is 16.0 Å². The number of benzene rings is 1. The van der Waals surface area contributed by atoms with Gasteiger partial charge in [-0.25, -0.2) is 0 Å². The number of rotatable bonds is 9. The molecule has 8 heteroatoms. The molecule has 0 unspecified atom stereocenters. The van der Waals surface area contributed by atoms with Gasteiger partial charge in [0.05, 0.1) is 23.5 Å². The predicted octanol–water partition coefficient (Wildman–Crippen LogP) is 4.02. The maximum absolute atomic E-state index is 12.1. The normalized spacial score (nSPS) is 10.6. The lowest BCUT2D eigenvalue weighted by Gasteiger charge is -2.13. The molecule has 0 aliphatic carbocycles. The first kappa shape index (κ1) is 19.7. The summed E-state index contributed by atoms with van der Waals surface area (Å²) in [6, 6.07) is 8.25. The minimum absolute atomic E-state index is 0.0558. The van der Waals surface area contributed by atoms with Crippen molar-refractivity contribution >= 4 is 22.2 Å². The van der Waals surface area contributed by atoms with Crippen molar-refractivity contribution < 1.29 is 19.2 Å². The van der Waals surface area contributed by atoms with E-state index in [9.17, 15) is 14.9 Å². The van der Waals surface area contributed by atoms with Gasteiger partial charge in [0.25, 0.3) is 5.91 Å². The first-order valence-corrected chi connectivity index (χ1v) is 9.04. The van der Waals surface area contributed by atoms with Crippen molar-refractivity contribution in [3.8, 4) is 11.5 Å². The Morgan fingerprint density at radius 1 is 1.27 bits per heavy atom. The molecule has 1 aromatic carbocycles. The summed E-state index contributed by atoms with van der Waals surface area (Å²) in [5.74, 6) is 1.48. The fourth-order valence-electron chi connectivity index (χ4n) is 2.16. The third kappa shape index (κ3) is 5.45. The van der Waals surface area contributed by atoms with Gasteiger partial charge in [-0.2, -0.15) is 0 Å². The zero-order valence-corrected chi connectivity index (χ0v) is 15.8. The minimum Gasteiger partial charge on any atom is -0.493 e. The van der Waals surface area contributed by atoms with Gasteiger partial charge >= 0.3 is 5.00 Å². The summed E-state index contributed by atoms with van der Waals surface area (Å²) in [6.45, 7) is 5.16. The molecule has 2 rings (SSSR count). The minimum atomic E-state index is -0.510. The molecule has 0 spiro atoms. The molecule has 0 aliphatic rings. The van der Waals surface area contributed by atoms with Gasteiger partial charge in [0.2, 0.25) is 0 Å². The van der Waals surface area contributed by atoms with E-state index < -0.39 is 4.92 Å². The Morgan fingerprint density at radius 2 is 2.04 bits per heavy atom. The van der Waals surface area contributed by atoms with Gasteiger partial charge in [-0.05, 0) is 36.1 Å². The van der Waals surface area contributed by atoms with E-state index in [1.54, 1.807) is 7.11 Å². The van der Waals surface area contributed by atoms with Crippen LogP contribution in [0.5, 0.6) is 11.5 Å². The van der Waals surface area contributed by atoms with E-state index >= 15 is 0 Å². The highest BCUT2D eigenvalue weighted by Gasteiger charge is 2.15. The number of ether oxygens (including phenoxy) is 2. The summed E-state index contributed by atoms with van der Waals surface area (Å²) >= 11 is 0.850. The highest BCUT2D eigenvalue weighted by atomic mass is 32.1. The topological polar surface area (TPSA) is 90.7 Å². The van der Waals surface area contributed by atoms with Crippen LogP contribution >= 0.6 is 11.3 Å². The number of thiophene rings is 1. The third-order valence-electron chi connectivity index (χ3n) is 3.63. The number of hydrogen-bond donors (Lipinski definition) is 1. The molecule has 0 fully saturated rings. The Balaban J connectivity index is 1.96.